The minimum absolute atomic E-state index is 0.713. The van der Waals surface area contributed by atoms with Gasteiger partial charge < -0.3 is 14.5 Å². The minimum Gasteiger partial charge on any atom is -0.450 e. The third-order valence-corrected chi connectivity index (χ3v) is 3.12. The van der Waals surface area contributed by atoms with Gasteiger partial charge in [0, 0.05) is 25.1 Å². The zero-order valence-corrected chi connectivity index (χ0v) is 11.4. The van der Waals surface area contributed by atoms with Crippen LogP contribution in [0.2, 0.25) is 0 Å². The highest BCUT2D eigenvalue weighted by Crippen LogP contribution is 2.30. The number of aromatic nitrogens is 2. The molecule has 104 valence electrons. The highest BCUT2D eigenvalue weighted by atomic mass is 16.5. The van der Waals surface area contributed by atoms with Gasteiger partial charge in [0.1, 0.15) is 17.4 Å². The number of ether oxygens (including phenoxy) is 1. The van der Waals surface area contributed by atoms with Crippen molar-refractivity contribution in [1.82, 2.24) is 9.97 Å². The number of para-hydroxylation sites is 1. The third kappa shape index (κ3) is 2.44. The second-order valence-electron chi connectivity index (χ2n) is 4.48. The van der Waals surface area contributed by atoms with E-state index in [2.05, 4.69) is 15.3 Å². The van der Waals surface area contributed by atoms with Gasteiger partial charge in [-0.2, -0.15) is 0 Å². The number of hydrogen-bond donors (Lipinski definition) is 1. The molecule has 1 N–H and O–H groups in total. The van der Waals surface area contributed by atoms with E-state index in [1.807, 2.05) is 31.2 Å². The summed E-state index contributed by atoms with van der Waals surface area (Å²) < 4.78 is 11.2. The number of nitrogens with zero attached hydrogens (tertiary/aromatic N) is 2. The molecule has 0 atom stereocenters. The van der Waals surface area contributed by atoms with Crippen LogP contribution in [0, 0.1) is 0 Å². The molecule has 0 fully saturated rings. The molecule has 0 saturated carbocycles. The molecule has 0 radical (unpaired) electrons. The van der Waals surface area contributed by atoms with Crippen molar-refractivity contribution in [2.75, 3.05) is 25.1 Å². The summed E-state index contributed by atoms with van der Waals surface area (Å²) in [6.07, 6.45) is 2.49. The average Bonchev–Trinajstić information content (AvgIpc) is 2.87. The van der Waals surface area contributed by atoms with Crippen LogP contribution in [0.15, 0.2) is 35.0 Å². The van der Waals surface area contributed by atoms with Gasteiger partial charge in [-0.1, -0.05) is 12.1 Å². The Morgan fingerprint density at radius 1 is 1.25 bits per heavy atom. The first-order valence-corrected chi connectivity index (χ1v) is 6.84. The van der Waals surface area contributed by atoms with Crippen LogP contribution in [-0.4, -0.2) is 29.7 Å². The standard InChI is InChI=1S/C15H17N3O2/c1-2-19-9-5-8-16-15-14-13(17-10-18-15)11-6-3-4-7-12(11)20-14/h3-4,6-7,10H,2,5,8-9H2,1H3,(H,16,17,18). The molecule has 0 saturated heterocycles. The van der Waals surface area contributed by atoms with E-state index < -0.39 is 0 Å². The fraction of sp³-hybridized carbons (Fsp3) is 0.333. The molecular weight excluding hydrogens is 254 g/mol. The first-order chi connectivity index (χ1) is 9.90. The Morgan fingerprint density at radius 3 is 3.05 bits per heavy atom. The molecule has 0 aliphatic carbocycles. The van der Waals surface area contributed by atoms with Crippen molar-refractivity contribution < 1.29 is 9.15 Å². The molecule has 0 aliphatic rings. The zero-order valence-electron chi connectivity index (χ0n) is 11.4. The first-order valence-electron chi connectivity index (χ1n) is 6.84. The average molecular weight is 271 g/mol. The fourth-order valence-corrected chi connectivity index (χ4v) is 2.17. The summed E-state index contributed by atoms with van der Waals surface area (Å²) in [6, 6.07) is 7.88. The molecular formula is C15H17N3O2. The van der Waals surface area contributed by atoms with E-state index in [9.17, 15) is 0 Å². The molecule has 1 aromatic carbocycles. The van der Waals surface area contributed by atoms with E-state index in [0.29, 0.717) is 5.58 Å². The molecule has 3 aromatic rings. The Morgan fingerprint density at radius 2 is 2.15 bits per heavy atom. The lowest BCUT2D eigenvalue weighted by Crippen LogP contribution is -2.07. The van der Waals surface area contributed by atoms with E-state index in [-0.39, 0.29) is 0 Å². The molecule has 0 spiro atoms. The van der Waals surface area contributed by atoms with Crippen LogP contribution in [-0.2, 0) is 4.74 Å². The molecule has 2 aromatic heterocycles. The van der Waals surface area contributed by atoms with Crippen molar-refractivity contribution >= 4 is 27.9 Å². The van der Waals surface area contributed by atoms with Crippen molar-refractivity contribution in [2.24, 2.45) is 0 Å². The third-order valence-electron chi connectivity index (χ3n) is 3.12. The van der Waals surface area contributed by atoms with Gasteiger partial charge in [0.05, 0.1) is 0 Å². The van der Waals surface area contributed by atoms with Gasteiger partial charge >= 0.3 is 0 Å². The summed E-state index contributed by atoms with van der Waals surface area (Å²) in [5.41, 5.74) is 2.40. The highest BCUT2D eigenvalue weighted by molar-refractivity contribution is 6.05. The summed E-state index contributed by atoms with van der Waals surface area (Å²) in [4.78, 5) is 8.58. The van der Waals surface area contributed by atoms with Crippen LogP contribution in [0.5, 0.6) is 0 Å². The van der Waals surface area contributed by atoms with Crippen molar-refractivity contribution in [2.45, 2.75) is 13.3 Å². The van der Waals surface area contributed by atoms with E-state index in [1.165, 1.54) is 0 Å². The maximum absolute atomic E-state index is 5.84. The molecule has 3 rings (SSSR count). The van der Waals surface area contributed by atoms with Gasteiger partial charge in [0.2, 0.25) is 0 Å². The lowest BCUT2D eigenvalue weighted by atomic mass is 10.2. The number of furan rings is 1. The molecule has 2 heterocycles. The van der Waals surface area contributed by atoms with E-state index in [0.717, 1.165) is 48.5 Å². The maximum atomic E-state index is 5.84. The smallest absolute Gasteiger partial charge is 0.196 e. The highest BCUT2D eigenvalue weighted by Gasteiger charge is 2.11. The van der Waals surface area contributed by atoms with Gasteiger partial charge in [0.25, 0.3) is 0 Å². The van der Waals surface area contributed by atoms with Crippen LogP contribution < -0.4 is 5.32 Å². The Bertz CT molecular complexity index is 708. The summed E-state index contributed by atoms with van der Waals surface area (Å²) in [7, 11) is 0. The maximum Gasteiger partial charge on any atom is 0.196 e. The normalized spacial score (nSPS) is 11.2. The van der Waals surface area contributed by atoms with Crippen molar-refractivity contribution in [3.05, 3.63) is 30.6 Å². The quantitative estimate of drug-likeness (QED) is 0.697. The molecule has 5 nitrogen and oxygen atoms in total. The predicted octanol–water partition coefficient (Wildman–Crippen LogP) is 3.21. The monoisotopic (exact) mass is 271 g/mol. The largest absolute Gasteiger partial charge is 0.450 e. The minimum atomic E-state index is 0.713. The summed E-state index contributed by atoms with van der Waals surface area (Å²) in [5.74, 6) is 0.739. The number of benzene rings is 1. The topological polar surface area (TPSA) is 60.2 Å². The lowest BCUT2D eigenvalue weighted by molar-refractivity contribution is 0.147. The lowest BCUT2D eigenvalue weighted by Gasteiger charge is -2.05. The molecule has 0 aliphatic heterocycles. The first kappa shape index (κ1) is 12.9. The van der Waals surface area contributed by atoms with Gasteiger partial charge in [0.15, 0.2) is 11.4 Å². The summed E-state index contributed by atoms with van der Waals surface area (Å²) in [5, 5.41) is 4.30. The number of hydrogen-bond acceptors (Lipinski definition) is 5. The second-order valence-corrected chi connectivity index (χ2v) is 4.48. The summed E-state index contributed by atoms with van der Waals surface area (Å²) >= 11 is 0. The number of rotatable bonds is 6. The second kappa shape index (κ2) is 5.88. The van der Waals surface area contributed by atoms with Gasteiger partial charge in [-0.3, -0.25) is 0 Å². The number of anilines is 1. The summed E-state index contributed by atoms with van der Waals surface area (Å²) in [6.45, 7) is 4.29. The molecule has 0 bridgehead atoms. The van der Waals surface area contributed by atoms with Crippen molar-refractivity contribution in [1.29, 1.82) is 0 Å². The van der Waals surface area contributed by atoms with Crippen molar-refractivity contribution in [3.8, 4) is 0 Å². The predicted molar refractivity (Wildman–Crippen MR) is 78.9 cm³/mol. The number of fused-ring (bicyclic) bond motifs is 3. The molecule has 5 heteroatoms. The van der Waals surface area contributed by atoms with Gasteiger partial charge in [-0.15, -0.1) is 0 Å². The van der Waals surface area contributed by atoms with E-state index >= 15 is 0 Å². The van der Waals surface area contributed by atoms with E-state index in [4.69, 9.17) is 9.15 Å². The Labute approximate surface area is 117 Å². The Balaban J connectivity index is 1.84. The number of nitrogens with one attached hydrogen (secondary N) is 1. The molecule has 0 amide bonds. The fourth-order valence-electron chi connectivity index (χ4n) is 2.17. The Kier molecular flexibility index (Phi) is 3.78. The Hall–Kier alpha value is -2.14. The van der Waals surface area contributed by atoms with Crippen molar-refractivity contribution in [3.63, 3.8) is 0 Å². The van der Waals surface area contributed by atoms with Gasteiger partial charge in [-0.25, -0.2) is 9.97 Å². The van der Waals surface area contributed by atoms with Crippen LogP contribution >= 0.6 is 0 Å². The van der Waals surface area contributed by atoms with Gasteiger partial charge in [-0.05, 0) is 25.5 Å². The van der Waals surface area contributed by atoms with Crippen LogP contribution in [0.25, 0.3) is 22.1 Å². The molecule has 20 heavy (non-hydrogen) atoms. The zero-order chi connectivity index (χ0) is 13.8. The van der Waals surface area contributed by atoms with Crippen LogP contribution in [0.1, 0.15) is 13.3 Å². The molecule has 0 unspecified atom stereocenters. The van der Waals surface area contributed by atoms with Crippen LogP contribution in [0.3, 0.4) is 0 Å². The van der Waals surface area contributed by atoms with E-state index in [1.54, 1.807) is 6.33 Å². The van der Waals surface area contributed by atoms with Crippen LogP contribution in [0.4, 0.5) is 5.82 Å². The SMILES string of the molecule is CCOCCCNc1ncnc2c1oc1ccccc12.